The van der Waals surface area contributed by atoms with E-state index in [1.54, 1.807) is 12.4 Å². The third-order valence-corrected chi connectivity index (χ3v) is 3.77. The van der Waals surface area contributed by atoms with Crippen LogP contribution in [0.5, 0.6) is 5.75 Å². The van der Waals surface area contributed by atoms with Crippen LogP contribution < -0.4 is 4.74 Å². The molecule has 2 aromatic heterocycles. The zero-order valence-corrected chi connectivity index (χ0v) is 12.9. The number of hydrogen-bond acceptors (Lipinski definition) is 5. The van der Waals surface area contributed by atoms with E-state index < -0.39 is 0 Å². The molecule has 1 aromatic carbocycles. The van der Waals surface area contributed by atoms with E-state index in [1.807, 2.05) is 37.3 Å². The Bertz CT molecular complexity index is 744. The molecular weight excluding hydrogens is 334 g/mol. The van der Waals surface area contributed by atoms with E-state index in [1.165, 1.54) is 0 Å². The Kier molecular flexibility index (Phi) is 3.96. The lowest BCUT2D eigenvalue weighted by Gasteiger charge is -2.05. The van der Waals surface area contributed by atoms with Crippen LogP contribution in [-0.2, 0) is 6.61 Å². The second kappa shape index (κ2) is 6.05. The first-order valence-electron chi connectivity index (χ1n) is 6.34. The van der Waals surface area contributed by atoms with Gasteiger partial charge in [0.1, 0.15) is 5.75 Å². The Hall–Kier alpha value is -2.21. The lowest BCUT2D eigenvalue weighted by atomic mass is 10.2. The molecule has 5 nitrogen and oxygen atoms in total. The van der Waals surface area contributed by atoms with Crippen molar-refractivity contribution in [2.45, 2.75) is 13.5 Å². The molecule has 0 bridgehead atoms. The van der Waals surface area contributed by atoms with Gasteiger partial charge in [0, 0.05) is 22.4 Å². The van der Waals surface area contributed by atoms with Crippen LogP contribution in [0.1, 0.15) is 11.5 Å². The quantitative estimate of drug-likeness (QED) is 0.719. The smallest absolute Gasteiger partial charge is 0.264 e. The van der Waals surface area contributed by atoms with Crippen molar-refractivity contribution in [2.75, 3.05) is 0 Å². The maximum atomic E-state index is 5.64. The first-order chi connectivity index (χ1) is 10.2. The molecule has 21 heavy (non-hydrogen) atoms. The first-order valence-corrected chi connectivity index (χ1v) is 7.13. The maximum absolute atomic E-state index is 5.64. The van der Waals surface area contributed by atoms with Gasteiger partial charge in [-0.2, -0.15) is 4.98 Å². The molecule has 0 aliphatic carbocycles. The number of nitrogens with zero attached hydrogens (tertiary/aromatic N) is 3. The Morgan fingerprint density at radius 3 is 2.95 bits per heavy atom. The fourth-order valence-corrected chi connectivity index (χ4v) is 2.02. The number of hydrogen-bond donors (Lipinski definition) is 0. The minimum atomic E-state index is 0.230. The van der Waals surface area contributed by atoms with Gasteiger partial charge in [-0.15, -0.1) is 0 Å². The summed E-state index contributed by atoms with van der Waals surface area (Å²) in [5.41, 5.74) is 1.92. The van der Waals surface area contributed by atoms with E-state index in [9.17, 15) is 0 Å². The van der Waals surface area contributed by atoms with Gasteiger partial charge in [-0.25, -0.2) is 0 Å². The van der Waals surface area contributed by atoms with Crippen LogP contribution in [0.3, 0.4) is 0 Å². The fourth-order valence-electron chi connectivity index (χ4n) is 1.78. The summed E-state index contributed by atoms with van der Waals surface area (Å²) in [7, 11) is 0. The number of rotatable bonds is 4. The van der Waals surface area contributed by atoms with Crippen LogP contribution >= 0.6 is 15.9 Å². The molecule has 3 rings (SSSR count). The van der Waals surface area contributed by atoms with Crippen LogP contribution in [0.15, 0.2) is 51.7 Å². The molecule has 3 aromatic rings. The van der Waals surface area contributed by atoms with Crippen LogP contribution in [0.25, 0.3) is 11.4 Å². The molecule has 0 fully saturated rings. The largest absolute Gasteiger partial charge is 0.484 e. The minimum Gasteiger partial charge on any atom is -0.484 e. The van der Waals surface area contributed by atoms with Gasteiger partial charge in [-0.3, -0.25) is 4.98 Å². The summed E-state index contributed by atoms with van der Waals surface area (Å²) in [5.74, 6) is 1.69. The highest BCUT2D eigenvalue weighted by Crippen LogP contribution is 2.22. The fraction of sp³-hybridized carbons (Fsp3) is 0.133. The molecule has 0 aliphatic rings. The highest BCUT2D eigenvalue weighted by atomic mass is 79.9. The number of ether oxygens (including phenoxy) is 1. The predicted molar refractivity (Wildman–Crippen MR) is 80.7 cm³/mol. The van der Waals surface area contributed by atoms with E-state index >= 15 is 0 Å². The lowest BCUT2D eigenvalue weighted by Crippen LogP contribution is -1.96. The van der Waals surface area contributed by atoms with E-state index in [2.05, 4.69) is 31.1 Å². The monoisotopic (exact) mass is 345 g/mol. The molecule has 0 spiro atoms. The van der Waals surface area contributed by atoms with E-state index in [0.717, 1.165) is 21.3 Å². The Morgan fingerprint density at radius 2 is 2.19 bits per heavy atom. The molecule has 6 heteroatoms. The molecule has 0 unspecified atom stereocenters. The summed E-state index contributed by atoms with van der Waals surface area (Å²) in [5, 5.41) is 3.92. The molecule has 0 radical (unpaired) electrons. The Balaban J connectivity index is 1.69. The molecular formula is C15H12BrN3O2. The van der Waals surface area contributed by atoms with Crippen molar-refractivity contribution in [3.8, 4) is 17.1 Å². The van der Waals surface area contributed by atoms with Gasteiger partial charge in [-0.05, 0) is 42.8 Å². The second-order valence-electron chi connectivity index (χ2n) is 4.45. The van der Waals surface area contributed by atoms with Crippen molar-refractivity contribution < 1.29 is 9.26 Å². The molecule has 0 atom stereocenters. The molecule has 2 heterocycles. The molecule has 106 valence electrons. The number of pyridine rings is 1. The van der Waals surface area contributed by atoms with E-state index in [4.69, 9.17) is 9.26 Å². The van der Waals surface area contributed by atoms with Crippen molar-refractivity contribution in [2.24, 2.45) is 0 Å². The maximum Gasteiger partial charge on any atom is 0.264 e. The first kappa shape index (κ1) is 13.8. The Labute approximate surface area is 130 Å². The Morgan fingerprint density at radius 1 is 1.29 bits per heavy atom. The van der Waals surface area contributed by atoms with Crippen LogP contribution in [0, 0.1) is 6.92 Å². The summed E-state index contributed by atoms with van der Waals surface area (Å²) in [6.45, 7) is 2.23. The van der Waals surface area contributed by atoms with Crippen molar-refractivity contribution in [1.82, 2.24) is 15.1 Å². The average molecular weight is 346 g/mol. The van der Waals surface area contributed by atoms with Gasteiger partial charge >= 0.3 is 0 Å². The molecule has 0 aliphatic heterocycles. The van der Waals surface area contributed by atoms with Gasteiger partial charge in [0.2, 0.25) is 5.82 Å². The van der Waals surface area contributed by atoms with Crippen LogP contribution in [-0.4, -0.2) is 15.1 Å². The molecule has 0 N–H and O–H groups in total. The summed E-state index contributed by atoms with van der Waals surface area (Å²) < 4.78 is 11.9. The van der Waals surface area contributed by atoms with E-state index in [-0.39, 0.29) is 6.61 Å². The second-order valence-corrected chi connectivity index (χ2v) is 5.31. The predicted octanol–water partition coefficient (Wildman–Crippen LogP) is 3.78. The summed E-state index contributed by atoms with van der Waals surface area (Å²) in [6, 6.07) is 9.48. The summed E-state index contributed by atoms with van der Waals surface area (Å²) in [4.78, 5) is 8.31. The highest BCUT2D eigenvalue weighted by Gasteiger charge is 2.09. The van der Waals surface area contributed by atoms with Gasteiger partial charge in [0.05, 0.1) is 0 Å². The van der Waals surface area contributed by atoms with Crippen molar-refractivity contribution >= 4 is 15.9 Å². The number of aromatic nitrogens is 3. The van der Waals surface area contributed by atoms with Gasteiger partial charge in [-0.1, -0.05) is 21.1 Å². The third kappa shape index (κ3) is 3.28. The van der Waals surface area contributed by atoms with Crippen LogP contribution in [0.2, 0.25) is 0 Å². The molecule has 0 saturated heterocycles. The standard InChI is InChI=1S/C15H12BrN3O2/c1-10-7-12(4-5-13(10)16)20-9-14-18-15(19-21-14)11-3-2-6-17-8-11/h2-8H,9H2,1H3. The molecule has 0 saturated carbocycles. The number of aryl methyl sites for hydroxylation is 1. The summed E-state index contributed by atoms with van der Waals surface area (Å²) >= 11 is 3.45. The minimum absolute atomic E-state index is 0.230. The van der Waals surface area contributed by atoms with Crippen LogP contribution in [0.4, 0.5) is 0 Å². The van der Waals surface area contributed by atoms with Crippen molar-refractivity contribution in [3.63, 3.8) is 0 Å². The van der Waals surface area contributed by atoms with Gasteiger partial charge < -0.3 is 9.26 Å². The third-order valence-electron chi connectivity index (χ3n) is 2.88. The van der Waals surface area contributed by atoms with Crippen molar-refractivity contribution in [3.05, 3.63) is 58.7 Å². The number of benzene rings is 1. The zero-order chi connectivity index (χ0) is 14.7. The van der Waals surface area contributed by atoms with Gasteiger partial charge in [0.25, 0.3) is 5.89 Å². The normalized spacial score (nSPS) is 10.6. The molecule has 0 amide bonds. The average Bonchev–Trinajstić information content (AvgIpc) is 2.98. The van der Waals surface area contributed by atoms with Gasteiger partial charge in [0.15, 0.2) is 6.61 Å². The lowest BCUT2D eigenvalue weighted by molar-refractivity contribution is 0.243. The van der Waals surface area contributed by atoms with Crippen molar-refractivity contribution in [1.29, 1.82) is 0 Å². The highest BCUT2D eigenvalue weighted by molar-refractivity contribution is 9.10. The number of halogens is 1. The topological polar surface area (TPSA) is 61.0 Å². The van der Waals surface area contributed by atoms with E-state index in [0.29, 0.717) is 11.7 Å². The summed E-state index contributed by atoms with van der Waals surface area (Å²) in [6.07, 6.45) is 3.39. The zero-order valence-electron chi connectivity index (χ0n) is 11.3. The SMILES string of the molecule is Cc1cc(OCc2nc(-c3cccnc3)no2)ccc1Br.